The van der Waals surface area contributed by atoms with E-state index in [0.717, 1.165) is 6.07 Å². The molecule has 114 valence electrons. The van der Waals surface area contributed by atoms with Crippen LogP contribution in [0.3, 0.4) is 0 Å². The number of ether oxygens (including phenoxy) is 1. The summed E-state index contributed by atoms with van der Waals surface area (Å²) in [7, 11) is 0. The zero-order chi connectivity index (χ0) is 15.8. The molecule has 0 heterocycles. The Kier molecular flexibility index (Phi) is 5.99. The summed E-state index contributed by atoms with van der Waals surface area (Å²) in [5, 5.41) is 23.0. The summed E-state index contributed by atoms with van der Waals surface area (Å²) in [4.78, 5) is 33.3. The number of esters is 1. The maximum absolute atomic E-state index is 11.5. The molecule has 4 N–H and O–H groups in total. The number of carboxylic acid groups (broad SMARTS) is 1. The van der Waals surface area contributed by atoms with Crippen LogP contribution in [0.15, 0.2) is 18.2 Å². The predicted molar refractivity (Wildman–Crippen MR) is 73.3 cm³/mol. The Hall–Kier alpha value is -2.77. The number of aromatic hydroxyl groups is 1. The van der Waals surface area contributed by atoms with Crippen molar-refractivity contribution in [2.45, 2.75) is 13.3 Å². The fourth-order valence-corrected chi connectivity index (χ4v) is 1.48. The predicted octanol–water partition coefficient (Wildman–Crippen LogP) is 1.17. The minimum atomic E-state index is -1.27. The van der Waals surface area contributed by atoms with Crippen molar-refractivity contribution >= 4 is 23.7 Å². The summed E-state index contributed by atoms with van der Waals surface area (Å²) < 4.78 is 4.69. The third-order valence-corrected chi connectivity index (χ3v) is 2.41. The molecular weight excluding hydrogens is 280 g/mol. The average molecular weight is 296 g/mol. The van der Waals surface area contributed by atoms with Crippen LogP contribution in [0.4, 0.5) is 10.5 Å². The molecule has 0 saturated heterocycles. The number of rotatable bonds is 6. The van der Waals surface area contributed by atoms with E-state index in [-0.39, 0.29) is 30.8 Å². The van der Waals surface area contributed by atoms with Gasteiger partial charge in [-0.25, -0.2) is 9.59 Å². The Labute approximate surface area is 120 Å². The van der Waals surface area contributed by atoms with Crippen LogP contribution in [-0.2, 0) is 9.53 Å². The molecule has 1 rings (SSSR count). The fraction of sp³-hybridized carbons (Fsp3) is 0.308. The van der Waals surface area contributed by atoms with Gasteiger partial charge in [-0.2, -0.15) is 0 Å². The highest BCUT2D eigenvalue weighted by molar-refractivity contribution is 5.94. The lowest BCUT2D eigenvalue weighted by Gasteiger charge is -2.08. The highest BCUT2D eigenvalue weighted by Crippen LogP contribution is 2.21. The molecule has 21 heavy (non-hydrogen) atoms. The third kappa shape index (κ3) is 5.39. The van der Waals surface area contributed by atoms with E-state index in [1.54, 1.807) is 6.92 Å². The number of benzene rings is 1. The Morgan fingerprint density at radius 3 is 2.57 bits per heavy atom. The van der Waals surface area contributed by atoms with Gasteiger partial charge in [-0.1, -0.05) is 0 Å². The van der Waals surface area contributed by atoms with Gasteiger partial charge in [0, 0.05) is 18.3 Å². The van der Waals surface area contributed by atoms with Crippen molar-refractivity contribution in [1.29, 1.82) is 0 Å². The van der Waals surface area contributed by atoms with Crippen LogP contribution in [0.1, 0.15) is 23.7 Å². The van der Waals surface area contributed by atoms with Gasteiger partial charge in [-0.15, -0.1) is 0 Å². The molecule has 8 nitrogen and oxygen atoms in total. The zero-order valence-electron chi connectivity index (χ0n) is 11.4. The standard InChI is InChI=1S/C13H16N2O6/c1-2-21-11(17)5-6-14-13(20)15-8-3-4-9(12(18)19)10(16)7-8/h3-4,7,16H,2,5-6H2,1H3,(H,18,19)(H2,14,15,20). The van der Waals surface area contributed by atoms with Gasteiger partial charge in [0.2, 0.25) is 0 Å². The lowest BCUT2D eigenvalue weighted by molar-refractivity contribution is -0.142. The molecule has 1 aromatic rings. The van der Waals surface area contributed by atoms with Gasteiger partial charge in [-0.3, -0.25) is 4.79 Å². The summed E-state index contributed by atoms with van der Waals surface area (Å²) in [5.41, 5.74) is -0.0330. The monoisotopic (exact) mass is 296 g/mol. The largest absolute Gasteiger partial charge is 0.507 e. The van der Waals surface area contributed by atoms with Crippen molar-refractivity contribution < 1.29 is 29.3 Å². The lowest BCUT2D eigenvalue weighted by Crippen LogP contribution is -2.30. The first-order valence-corrected chi connectivity index (χ1v) is 6.20. The molecule has 0 fully saturated rings. The van der Waals surface area contributed by atoms with E-state index in [9.17, 15) is 19.5 Å². The Morgan fingerprint density at radius 2 is 2.00 bits per heavy atom. The number of hydrogen-bond acceptors (Lipinski definition) is 5. The summed E-state index contributed by atoms with van der Waals surface area (Å²) >= 11 is 0. The highest BCUT2D eigenvalue weighted by atomic mass is 16.5. The summed E-state index contributed by atoms with van der Waals surface area (Å²) in [5.74, 6) is -2.13. The van der Waals surface area contributed by atoms with Crippen LogP contribution in [-0.4, -0.2) is 41.3 Å². The molecule has 0 bridgehead atoms. The minimum absolute atomic E-state index is 0.0461. The van der Waals surface area contributed by atoms with Gasteiger partial charge in [0.25, 0.3) is 0 Å². The molecule has 2 amide bonds. The molecule has 1 aromatic carbocycles. The first-order chi connectivity index (χ1) is 9.93. The first kappa shape index (κ1) is 16.3. The zero-order valence-corrected chi connectivity index (χ0v) is 11.4. The van der Waals surface area contributed by atoms with Gasteiger partial charge >= 0.3 is 18.0 Å². The van der Waals surface area contributed by atoms with Gasteiger partial charge in [0.1, 0.15) is 11.3 Å². The van der Waals surface area contributed by atoms with Crippen molar-refractivity contribution in [3.63, 3.8) is 0 Å². The second kappa shape index (κ2) is 7.73. The second-order valence-electron chi connectivity index (χ2n) is 3.97. The number of carbonyl (C=O) groups excluding carboxylic acids is 2. The summed E-state index contributed by atoms with van der Waals surface area (Å²) in [6, 6.07) is 3.05. The molecule has 0 aromatic heterocycles. The van der Waals surface area contributed by atoms with Gasteiger partial charge in [0.05, 0.1) is 13.0 Å². The van der Waals surface area contributed by atoms with E-state index in [0.29, 0.717) is 0 Å². The number of anilines is 1. The number of urea groups is 1. The van der Waals surface area contributed by atoms with Crippen molar-refractivity contribution in [3.8, 4) is 5.75 Å². The molecule has 0 aliphatic heterocycles. The first-order valence-electron chi connectivity index (χ1n) is 6.20. The molecule has 0 unspecified atom stereocenters. The van der Waals surface area contributed by atoms with E-state index in [4.69, 9.17) is 9.84 Å². The summed E-state index contributed by atoms with van der Waals surface area (Å²) in [6.45, 7) is 2.06. The molecule has 0 aliphatic rings. The Balaban J connectivity index is 2.46. The Bertz CT molecular complexity index is 543. The molecule has 0 saturated carbocycles. The van der Waals surface area contributed by atoms with Gasteiger partial charge in [0.15, 0.2) is 0 Å². The third-order valence-electron chi connectivity index (χ3n) is 2.41. The van der Waals surface area contributed by atoms with E-state index in [1.165, 1.54) is 12.1 Å². The van der Waals surface area contributed by atoms with E-state index in [2.05, 4.69) is 10.6 Å². The molecule has 0 spiro atoms. The van der Waals surface area contributed by atoms with Gasteiger partial charge in [-0.05, 0) is 19.1 Å². The number of phenols is 1. The summed E-state index contributed by atoms with van der Waals surface area (Å²) in [6.07, 6.45) is 0.0461. The topological polar surface area (TPSA) is 125 Å². The van der Waals surface area contributed by atoms with Crippen molar-refractivity contribution in [2.75, 3.05) is 18.5 Å². The van der Waals surface area contributed by atoms with Crippen LogP contribution in [0.25, 0.3) is 0 Å². The maximum Gasteiger partial charge on any atom is 0.339 e. The minimum Gasteiger partial charge on any atom is -0.507 e. The molecule has 0 atom stereocenters. The van der Waals surface area contributed by atoms with Crippen molar-refractivity contribution in [2.24, 2.45) is 0 Å². The number of aromatic carboxylic acids is 1. The van der Waals surface area contributed by atoms with Crippen LogP contribution >= 0.6 is 0 Å². The number of carboxylic acids is 1. The van der Waals surface area contributed by atoms with E-state index < -0.39 is 23.7 Å². The van der Waals surface area contributed by atoms with Crippen LogP contribution in [0.5, 0.6) is 5.75 Å². The number of carbonyl (C=O) groups is 3. The molecule has 0 radical (unpaired) electrons. The normalized spacial score (nSPS) is 9.76. The average Bonchev–Trinajstić information content (AvgIpc) is 2.38. The smallest absolute Gasteiger partial charge is 0.339 e. The fourth-order valence-electron chi connectivity index (χ4n) is 1.48. The lowest BCUT2D eigenvalue weighted by atomic mass is 10.2. The van der Waals surface area contributed by atoms with E-state index >= 15 is 0 Å². The van der Waals surface area contributed by atoms with Crippen LogP contribution in [0, 0.1) is 0 Å². The highest BCUT2D eigenvalue weighted by Gasteiger charge is 2.11. The molecule has 8 heteroatoms. The number of nitrogens with one attached hydrogen (secondary N) is 2. The second-order valence-corrected chi connectivity index (χ2v) is 3.97. The van der Waals surface area contributed by atoms with Crippen molar-refractivity contribution in [1.82, 2.24) is 5.32 Å². The number of hydrogen-bond donors (Lipinski definition) is 4. The van der Waals surface area contributed by atoms with Crippen LogP contribution in [0.2, 0.25) is 0 Å². The SMILES string of the molecule is CCOC(=O)CCNC(=O)Nc1ccc(C(=O)O)c(O)c1. The quantitative estimate of drug-likeness (QED) is 0.584. The van der Waals surface area contributed by atoms with Crippen molar-refractivity contribution in [3.05, 3.63) is 23.8 Å². The van der Waals surface area contributed by atoms with Gasteiger partial charge < -0.3 is 25.6 Å². The Morgan fingerprint density at radius 1 is 1.29 bits per heavy atom. The van der Waals surface area contributed by atoms with Crippen LogP contribution < -0.4 is 10.6 Å². The number of amides is 2. The maximum atomic E-state index is 11.5. The molecule has 0 aliphatic carbocycles. The van der Waals surface area contributed by atoms with E-state index in [1.807, 2.05) is 0 Å². The molecular formula is C13H16N2O6.